The lowest BCUT2D eigenvalue weighted by atomic mass is 10.3. The Morgan fingerprint density at radius 2 is 1.81 bits per heavy atom. The molecule has 0 aliphatic carbocycles. The minimum absolute atomic E-state index is 0.0613. The zero-order valence-corrected chi connectivity index (χ0v) is 12.9. The molecule has 8 heteroatoms. The van der Waals surface area contributed by atoms with Crippen LogP contribution in [0.15, 0.2) is 12.1 Å². The third-order valence-electron chi connectivity index (χ3n) is 2.07. The van der Waals surface area contributed by atoms with Gasteiger partial charge in [0.1, 0.15) is 5.75 Å². The van der Waals surface area contributed by atoms with E-state index in [1.807, 2.05) is 0 Å². The number of halogens is 3. The maximum atomic E-state index is 11.4. The van der Waals surface area contributed by atoms with E-state index >= 15 is 0 Å². The number of hydrogen-bond acceptors (Lipinski definition) is 4. The van der Waals surface area contributed by atoms with Gasteiger partial charge in [-0.1, -0.05) is 40.7 Å². The standard InChI is InChI=1S/C13H10Cl3NO4/c1-2-3-17-12(18)6-21-13(19)7-20-11-5-9(15)8(14)4-10(11)16/h1,4-5H,3,6-7H2,(H,17,18). The van der Waals surface area contributed by atoms with Gasteiger partial charge >= 0.3 is 5.97 Å². The molecule has 0 radical (unpaired) electrons. The molecule has 0 aliphatic rings. The fraction of sp³-hybridized carbons (Fsp3) is 0.231. The number of hydrogen-bond donors (Lipinski definition) is 1. The smallest absolute Gasteiger partial charge is 0.344 e. The Kier molecular flexibility index (Phi) is 7.17. The van der Waals surface area contributed by atoms with Gasteiger partial charge in [0.05, 0.1) is 21.6 Å². The first kappa shape index (κ1) is 17.4. The van der Waals surface area contributed by atoms with Crippen molar-refractivity contribution in [2.75, 3.05) is 19.8 Å². The SMILES string of the molecule is C#CCNC(=O)COC(=O)COc1cc(Cl)c(Cl)cc1Cl. The van der Waals surface area contributed by atoms with Gasteiger partial charge in [0.25, 0.3) is 5.91 Å². The summed E-state index contributed by atoms with van der Waals surface area (Å²) < 4.78 is 9.80. The highest BCUT2D eigenvalue weighted by Gasteiger charge is 2.11. The van der Waals surface area contributed by atoms with Crippen molar-refractivity contribution in [1.82, 2.24) is 5.32 Å². The van der Waals surface area contributed by atoms with Crippen LogP contribution in [0.1, 0.15) is 0 Å². The minimum atomic E-state index is -0.743. The quantitative estimate of drug-likeness (QED) is 0.486. The molecule has 0 bridgehead atoms. The Bertz CT molecular complexity index is 584. The van der Waals surface area contributed by atoms with Crippen LogP contribution in [0.5, 0.6) is 5.75 Å². The number of amides is 1. The number of rotatable bonds is 6. The summed E-state index contributed by atoms with van der Waals surface area (Å²) in [5.74, 6) is 1.15. The monoisotopic (exact) mass is 349 g/mol. The molecule has 0 unspecified atom stereocenters. The largest absolute Gasteiger partial charge is 0.480 e. The van der Waals surface area contributed by atoms with Gasteiger partial charge in [0, 0.05) is 6.07 Å². The van der Waals surface area contributed by atoms with Crippen molar-refractivity contribution in [2.45, 2.75) is 0 Å². The van der Waals surface area contributed by atoms with E-state index in [9.17, 15) is 9.59 Å². The molecule has 0 aliphatic heterocycles. The van der Waals surface area contributed by atoms with Crippen molar-refractivity contribution in [3.63, 3.8) is 0 Å². The van der Waals surface area contributed by atoms with Gasteiger partial charge in [-0.05, 0) is 6.07 Å². The molecule has 0 saturated heterocycles. The molecule has 1 aromatic carbocycles. The van der Waals surface area contributed by atoms with E-state index in [-0.39, 0.29) is 27.4 Å². The van der Waals surface area contributed by atoms with E-state index in [1.165, 1.54) is 12.1 Å². The summed E-state index contributed by atoms with van der Waals surface area (Å²) >= 11 is 17.4. The fourth-order valence-electron chi connectivity index (χ4n) is 1.14. The second-order valence-corrected chi connectivity index (χ2v) is 4.85. The molecular weight excluding hydrogens is 341 g/mol. The van der Waals surface area contributed by atoms with E-state index < -0.39 is 25.1 Å². The Morgan fingerprint density at radius 3 is 2.48 bits per heavy atom. The number of nitrogens with one attached hydrogen (secondary N) is 1. The van der Waals surface area contributed by atoms with Gasteiger partial charge in [-0.2, -0.15) is 0 Å². The van der Waals surface area contributed by atoms with Crippen LogP contribution in [0.25, 0.3) is 0 Å². The van der Waals surface area contributed by atoms with Gasteiger partial charge in [-0.25, -0.2) is 4.79 Å². The summed E-state index contributed by atoms with van der Waals surface area (Å²) in [6.45, 7) is -0.815. The Labute approximate surface area is 136 Å². The van der Waals surface area contributed by atoms with E-state index in [0.717, 1.165) is 0 Å². The summed E-state index contributed by atoms with van der Waals surface area (Å²) in [5.41, 5.74) is 0. The highest BCUT2D eigenvalue weighted by atomic mass is 35.5. The van der Waals surface area contributed by atoms with Crippen molar-refractivity contribution >= 4 is 46.7 Å². The molecule has 0 aromatic heterocycles. The minimum Gasteiger partial charge on any atom is -0.480 e. The average Bonchev–Trinajstić information content (AvgIpc) is 2.45. The predicted octanol–water partition coefficient (Wildman–Crippen LogP) is 2.32. The summed E-state index contributed by atoms with van der Waals surface area (Å²) in [5, 5.41) is 3.04. The van der Waals surface area contributed by atoms with Crippen molar-refractivity contribution in [2.24, 2.45) is 0 Å². The van der Waals surface area contributed by atoms with Crippen LogP contribution >= 0.6 is 34.8 Å². The molecule has 1 N–H and O–H groups in total. The van der Waals surface area contributed by atoms with Crippen molar-refractivity contribution in [3.05, 3.63) is 27.2 Å². The van der Waals surface area contributed by atoms with Crippen LogP contribution in [-0.4, -0.2) is 31.6 Å². The second kappa shape index (κ2) is 8.63. The van der Waals surface area contributed by atoms with Crippen LogP contribution in [0.3, 0.4) is 0 Å². The normalized spacial score (nSPS) is 9.62. The molecule has 0 saturated carbocycles. The Morgan fingerprint density at radius 1 is 1.14 bits per heavy atom. The van der Waals surface area contributed by atoms with E-state index in [0.29, 0.717) is 0 Å². The number of ether oxygens (including phenoxy) is 2. The number of benzene rings is 1. The van der Waals surface area contributed by atoms with E-state index in [4.69, 9.17) is 46.0 Å². The first-order chi connectivity index (χ1) is 9.93. The topological polar surface area (TPSA) is 64.6 Å². The number of carbonyl (C=O) groups excluding carboxylic acids is 2. The lowest BCUT2D eigenvalue weighted by Gasteiger charge is -2.09. The third kappa shape index (κ3) is 6.13. The lowest BCUT2D eigenvalue weighted by Crippen LogP contribution is -2.30. The molecule has 1 amide bonds. The summed E-state index contributed by atoms with van der Waals surface area (Å²) in [4.78, 5) is 22.5. The van der Waals surface area contributed by atoms with E-state index in [1.54, 1.807) is 0 Å². The van der Waals surface area contributed by atoms with Gasteiger partial charge < -0.3 is 14.8 Å². The van der Waals surface area contributed by atoms with Crippen LogP contribution in [0.2, 0.25) is 15.1 Å². The van der Waals surface area contributed by atoms with Crippen LogP contribution in [0, 0.1) is 12.3 Å². The summed E-state index contributed by atoms with van der Waals surface area (Å²) in [7, 11) is 0. The molecule has 112 valence electrons. The zero-order valence-electron chi connectivity index (χ0n) is 10.6. The first-order valence-corrected chi connectivity index (χ1v) is 6.70. The third-order valence-corrected chi connectivity index (χ3v) is 3.09. The molecular formula is C13H10Cl3NO4. The first-order valence-electron chi connectivity index (χ1n) is 5.57. The number of terminal acetylenes is 1. The predicted molar refractivity (Wildman–Crippen MR) is 79.8 cm³/mol. The maximum Gasteiger partial charge on any atom is 0.344 e. The van der Waals surface area contributed by atoms with Crippen molar-refractivity contribution in [3.8, 4) is 18.1 Å². The molecule has 0 spiro atoms. The molecule has 1 aromatic rings. The zero-order chi connectivity index (χ0) is 15.8. The summed E-state index contributed by atoms with van der Waals surface area (Å²) in [6, 6.07) is 2.76. The Balaban J connectivity index is 2.42. The molecule has 0 heterocycles. The Hall–Kier alpha value is -1.61. The molecule has 21 heavy (non-hydrogen) atoms. The average molecular weight is 351 g/mol. The molecule has 0 fully saturated rings. The maximum absolute atomic E-state index is 11.4. The van der Waals surface area contributed by atoms with Crippen LogP contribution in [-0.2, 0) is 14.3 Å². The van der Waals surface area contributed by atoms with Gasteiger partial charge in [0.2, 0.25) is 0 Å². The van der Waals surface area contributed by atoms with Crippen molar-refractivity contribution < 1.29 is 19.1 Å². The highest BCUT2D eigenvalue weighted by Crippen LogP contribution is 2.33. The molecule has 5 nitrogen and oxygen atoms in total. The van der Waals surface area contributed by atoms with Crippen molar-refractivity contribution in [1.29, 1.82) is 0 Å². The fourth-order valence-corrected chi connectivity index (χ4v) is 1.73. The number of esters is 1. The van der Waals surface area contributed by atoms with Gasteiger partial charge in [-0.3, -0.25) is 4.79 Å². The van der Waals surface area contributed by atoms with Crippen LogP contribution in [0.4, 0.5) is 0 Å². The molecule has 0 atom stereocenters. The number of carbonyl (C=O) groups is 2. The van der Waals surface area contributed by atoms with E-state index in [2.05, 4.69) is 16.0 Å². The second-order valence-electron chi connectivity index (χ2n) is 3.63. The van der Waals surface area contributed by atoms with Gasteiger partial charge in [-0.15, -0.1) is 6.42 Å². The van der Waals surface area contributed by atoms with Crippen LogP contribution < -0.4 is 10.1 Å². The molecule has 1 rings (SSSR count). The highest BCUT2D eigenvalue weighted by molar-refractivity contribution is 6.43. The lowest BCUT2D eigenvalue weighted by molar-refractivity contribution is -0.150. The van der Waals surface area contributed by atoms with Gasteiger partial charge in [0.15, 0.2) is 13.2 Å². The summed E-state index contributed by atoms with van der Waals surface area (Å²) in [6.07, 6.45) is 4.96.